The largest absolute Gasteiger partial charge is 0.479 e. The van der Waals surface area contributed by atoms with Crippen molar-refractivity contribution < 1.29 is 9.15 Å². The van der Waals surface area contributed by atoms with E-state index in [1.807, 2.05) is 43.5 Å². The Morgan fingerprint density at radius 3 is 2.67 bits per heavy atom. The van der Waals surface area contributed by atoms with Crippen molar-refractivity contribution in [3.05, 3.63) is 60.7 Å². The first-order chi connectivity index (χ1) is 13.3. The van der Waals surface area contributed by atoms with Crippen LogP contribution in [-0.2, 0) is 13.0 Å². The summed E-state index contributed by atoms with van der Waals surface area (Å²) in [6, 6.07) is 9.90. The predicted molar refractivity (Wildman–Crippen MR) is 98.0 cm³/mol. The maximum atomic E-state index is 5.54. The minimum atomic E-state index is 0.435. The Labute approximate surface area is 155 Å². The Morgan fingerprint density at radius 2 is 1.85 bits per heavy atom. The molecule has 0 bridgehead atoms. The van der Waals surface area contributed by atoms with Crippen LogP contribution < -0.4 is 4.74 Å². The number of rotatable bonds is 6. The number of ether oxygens (including phenoxy) is 1. The number of hydrogen-bond donors (Lipinski definition) is 0. The third-order valence-corrected chi connectivity index (χ3v) is 4.04. The molecule has 4 rings (SSSR count). The second-order valence-electron chi connectivity index (χ2n) is 5.84. The van der Waals surface area contributed by atoms with Gasteiger partial charge in [-0.1, -0.05) is 25.1 Å². The predicted octanol–water partition coefficient (Wildman–Crippen LogP) is 3.01. The lowest BCUT2D eigenvalue weighted by Crippen LogP contribution is -2.00. The van der Waals surface area contributed by atoms with Crippen molar-refractivity contribution >= 4 is 0 Å². The molecule has 3 heterocycles. The molecule has 27 heavy (non-hydrogen) atoms. The average molecular weight is 362 g/mol. The molecule has 0 fully saturated rings. The molecule has 0 N–H and O–H groups in total. The molecule has 0 amide bonds. The van der Waals surface area contributed by atoms with E-state index in [1.54, 1.807) is 24.2 Å². The summed E-state index contributed by atoms with van der Waals surface area (Å²) >= 11 is 0. The second-order valence-corrected chi connectivity index (χ2v) is 5.84. The van der Waals surface area contributed by atoms with Gasteiger partial charge in [0.15, 0.2) is 0 Å². The first kappa shape index (κ1) is 16.9. The van der Waals surface area contributed by atoms with Gasteiger partial charge in [0.1, 0.15) is 12.2 Å². The molecule has 8 nitrogen and oxygen atoms in total. The van der Waals surface area contributed by atoms with Crippen molar-refractivity contribution in [2.75, 3.05) is 7.11 Å². The summed E-state index contributed by atoms with van der Waals surface area (Å²) in [5.41, 5.74) is 3.42. The van der Waals surface area contributed by atoms with E-state index in [0.717, 1.165) is 23.2 Å². The van der Waals surface area contributed by atoms with E-state index in [9.17, 15) is 0 Å². The maximum Gasteiger partial charge on any atom is 0.240 e. The van der Waals surface area contributed by atoms with Gasteiger partial charge in [-0.15, -0.1) is 10.2 Å². The Bertz CT molecular complexity index is 1060. The van der Waals surface area contributed by atoms with Crippen LogP contribution in [0.5, 0.6) is 5.88 Å². The molecule has 136 valence electrons. The molecule has 0 aliphatic carbocycles. The Hall–Kier alpha value is -3.55. The van der Waals surface area contributed by atoms with E-state index in [4.69, 9.17) is 9.15 Å². The lowest BCUT2D eigenvalue weighted by molar-refractivity contribution is 0.398. The van der Waals surface area contributed by atoms with E-state index in [-0.39, 0.29) is 0 Å². The molecular weight excluding hydrogens is 344 g/mol. The highest BCUT2D eigenvalue weighted by Crippen LogP contribution is 2.28. The van der Waals surface area contributed by atoms with Gasteiger partial charge in [0.25, 0.3) is 0 Å². The summed E-state index contributed by atoms with van der Waals surface area (Å²) in [5.74, 6) is 1.66. The van der Waals surface area contributed by atoms with Crippen LogP contribution >= 0.6 is 0 Å². The van der Waals surface area contributed by atoms with Crippen molar-refractivity contribution in [2.45, 2.75) is 19.9 Å². The Morgan fingerprint density at radius 1 is 1.04 bits per heavy atom. The number of aromatic nitrogens is 6. The number of benzene rings is 1. The molecule has 3 aromatic heterocycles. The number of aryl methyl sites for hydroxylation is 1. The van der Waals surface area contributed by atoms with Gasteiger partial charge in [-0.2, -0.15) is 5.10 Å². The van der Waals surface area contributed by atoms with E-state index in [2.05, 4.69) is 25.3 Å². The lowest BCUT2D eigenvalue weighted by Gasteiger charge is -2.07. The topological polar surface area (TPSA) is 91.8 Å². The van der Waals surface area contributed by atoms with Crippen LogP contribution in [0.2, 0.25) is 0 Å². The maximum absolute atomic E-state index is 5.54. The SMILES string of the molecule is CCc1nnc(Cn2ccc(-c3cccc(-c4nccnc4OC)c3)n2)o1. The van der Waals surface area contributed by atoms with E-state index >= 15 is 0 Å². The zero-order valence-electron chi connectivity index (χ0n) is 15.0. The third kappa shape index (κ3) is 3.55. The smallest absolute Gasteiger partial charge is 0.240 e. The molecule has 0 saturated heterocycles. The van der Waals surface area contributed by atoms with Crippen molar-refractivity contribution in [3.8, 4) is 28.4 Å². The molecule has 0 radical (unpaired) electrons. The van der Waals surface area contributed by atoms with Crippen molar-refractivity contribution in [3.63, 3.8) is 0 Å². The van der Waals surface area contributed by atoms with Gasteiger partial charge in [0.2, 0.25) is 17.7 Å². The van der Waals surface area contributed by atoms with Crippen LogP contribution in [0.15, 0.2) is 53.3 Å². The number of methoxy groups -OCH3 is 1. The van der Waals surface area contributed by atoms with Gasteiger partial charge >= 0.3 is 0 Å². The number of nitrogens with zero attached hydrogens (tertiary/aromatic N) is 6. The van der Waals surface area contributed by atoms with Gasteiger partial charge in [-0.3, -0.25) is 4.68 Å². The molecule has 1 aromatic carbocycles. The Kier molecular flexibility index (Phi) is 4.61. The lowest BCUT2D eigenvalue weighted by atomic mass is 10.1. The van der Waals surface area contributed by atoms with E-state index in [0.29, 0.717) is 29.9 Å². The summed E-state index contributed by atoms with van der Waals surface area (Å²) in [4.78, 5) is 8.59. The fraction of sp³-hybridized carbons (Fsp3) is 0.211. The van der Waals surface area contributed by atoms with E-state index < -0.39 is 0 Å². The monoisotopic (exact) mass is 362 g/mol. The van der Waals surface area contributed by atoms with Crippen molar-refractivity contribution in [1.82, 2.24) is 29.9 Å². The summed E-state index contributed by atoms with van der Waals surface area (Å²) in [6.07, 6.45) is 5.86. The van der Waals surface area contributed by atoms with Gasteiger partial charge in [-0.25, -0.2) is 9.97 Å². The fourth-order valence-electron chi connectivity index (χ4n) is 2.74. The molecular formula is C19H18N6O2. The van der Waals surface area contributed by atoms with E-state index in [1.165, 1.54) is 0 Å². The highest BCUT2D eigenvalue weighted by atomic mass is 16.5. The molecule has 0 unspecified atom stereocenters. The molecule has 0 spiro atoms. The van der Waals surface area contributed by atoms with Crippen LogP contribution in [0.3, 0.4) is 0 Å². The van der Waals surface area contributed by atoms with Crippen LogP contribution in [0, 0.1) is 0 Å². The minimum Gasteiger partial charge on any atom is -0.479 e. The fourth-order valence-corrected chi connectivity index (χ4v) is 2.74. The molecule has 0 saturated carbocycles. The average Bonchev–Trinajstić information content (AvgIpc) is 3.38. The quantitative estimate of drug-likeness (QED) is 0.520. The zero-order chi connectivity index (χ0) is 18.6. The Balaban J connectivity index is 1.60. The standard InChI is InChI=1S/C19H18N6O2/c1-3-16-22-23-17(27-16)12-25-10-7-15(24-25)13-5-4-6-14(11-13)18-19(26-2)21-9-8-20-18/h4-11H,3,12H2,1-2H3. The van der Waals surface area contributed by atoms with Gasteiger partial charge in [0.05, 0.1) is 12.8 Å². The van der Waals surface area contributed by atoms with Crippen LogP contribution in [0.4, 0.5) is 0 Å². The number of hydrogen-bond acceptors (Lipinski definition) is 7. The first-order valence-electron chi connectivity index (χ1n) is 8.57. The van der Waals surface area contributed by atoms with Crippen LogP contribution in [0.1, 0.15) is 18.7 Å². The molecule has 4 aromatic rings. The first-order valence-corrected chi connectivity index (χ1v) is 8.57. The van der Waals surface area contributed by atoms with Gasteiger partial charge in [-0.05, 0) is 12.1 Å². The van der Waals surface area contributed by atoms with Crippen molar-refractivity contribution in [2.24, 2.45) is 0 Å². The van der Waals surface area contributed by atoms with Crippen LogP contribution in [0.25, 0.3) is 22.5 Å². The highest BCUT2D eigenvalue weighted by molar-refractivity contribution is 5.71. The summed E-state index contributed by atoms with van der Waals surface area (Å²) in [7, 11) is 1.58. The molecule has 0 atom stereocenters. The molecule has 0 aliphatic heterocycles. The minimum absolute atomic E-state index is 0.435. The zero-order valence-corrected chi connectivity index (χ0v) is 15.0. The normalized spacial score (nSPS) is 10.9. The molecule has 8 heteroatoms. The van der Waals surface area contributed by atoms with Crippen molar-refractivity contribution in [1.29, 1.82) is 0 Å². The molecule has 0 aliphatic rings. The highest BCUT2D eigenvalue weighted by Gasteiger charge is 2.11. The second kappa shape index (κ2) is 7.36. The summed E-state index contributed by atoms with van der Waals surface area (Å²) in [5, 5.41) is 12.6. The van der Waals surface area contributed by atoms with Crippen LogP contribution in [-0.4, -0.2) is 37.1 Å². The van der Waals surface area contributed by atoms with Gasteiger partial charge in [0, 0.05) is 36.1 Å². The third-order valence-electron chi connectivity index (χ3n) is 4.04. The summed E-state index contributed by atoms with van der Waals surface area (Å²) in [6.45, 7) is 2.41. The summed E-state index contributed by atoms with van der Waals surface area (Å²) < 4.78 is 12.6. The van der Waals surface area contributed by atoms with Gasteiger partial charge < -0.3 is 9.15 Å².